The maximum Gasteiger partial charge on any atom is 0.310 e. The molecule has 0 unspecified atom stereocenters. The van der Waals surface area contributed by atoms with Crippen molar-refractivity contribution >= 4 is 5.97 Å². The third-order valence-electron chi connectivity index (χ3n) is 6.74. The summed E-state index contributed by atoms with van der Waals surface area (Å²) in [4.78, 5) is 16.6. The molecule has 2 saturated carbocycles. The summed E-state index contributed by atoms with van der Waals surface area (Å²) >= 11 is 0. The van der Waals surface area contributed by atoms with Gasteiger partial charge >= 0.3 is 5.97 Å². The van der Waals surface area contributed by atoms with Crippen LogP contribution in [-0.2, 0) is 16.1 Å². The fraction of sp³-hybridized carbons (Fsp3) is 0.619. The Balaban J connectivity index is 1.42. The normalized spacial score (nSPS) is 37.3. The molecule has 25 heavy (non-hydrogen) atoms. The van der Waals surface area contributed by atoms with Gasteiger partial charge in [0.25, 0.3) is 0 Å². The Morgan fingerprint density at radius 1 is 1.48 bits per heavy atom. The third kappa shape index (κ3) is 3.12. The van der Waals surface area contributed by atoms with E-state index >= 15 is 0 Å². The summed E-state index contributed by atoms with van der Waals surface area (Å²) in [6.07, 6.45) is 9.42. The quantitative estimate of drug-likeness (QED) is 0.673. The molecule has 0 bridgehead atoms. The molecule has 1 saturated heterocycles. The van der Waals surface area contributed by atoms with Gasteiger partial charge in [0, 0.05) is 31.4 Å². The van der Waals surface area contributed by atoms with Crippen LogP contribution in [0.1, 0.15) is 44.6 Å². The molecule has 3 aliphatic rings. The van der Waals surface area contributed by atoms with Crippen molar-refractivity contribution < 1.29 is 9.53 Å². The smallest absolute Gasteiger partial charge is 0.310 e. The number of nitrogens with one attached hydrogen (secondary N) is 1. The van der Waals surface area contributed by atoms with E-state index < -0.39 is 0 Å². The molecule has 0 amide bonds. The molecule has 0 spiro atoms. The van der Waals surface area contributed by atoms with Gasteiger partial charge in [0.2, 0.25) is 0 Å². The summed E-state index contributed by atoms with van der Waals surface area (Å²) in [5.74, 6) is 0.849. The summed E-state index contributed by atoms with van der Waals surface area (Å²) in [5, 5.41) is 3.44. The average molecular weight is 340 g/mol. The van der Waals surface area contributed by atoms with Gasteiger partial charge in [-0.1, -0.05) is 25.1 Å². The molecule has 2 heterocycles. The highest BCUT2D eigenvalue weighted by Gasteiger charge is 2.54. The topological polar surface area (TPSA) is 51.2 Å². The van der Waals surface area contributed by atoms with Gasteiger partial charge in [-0.25, -0.2) is 0 Å². The highest BCUT2D eigenvalue weighted by molar-refractivity contribution is 5.75. The molecule has 2 aliphatic carbocycles. The van der Waals surface area contributed by atoms with Crippen LogP contribution in [0, 0.1) is 23.2 Å². The molecule has 4 nitrogen and oxygen atoms in total. The van der Waals surface area contributed by atoms with Gasteiger partial charge in [0.15, 0.2) is 0 Å². The van der Waals surface area contributed by atoms with Crippen molar-refractivity contribution in [3.05, 3.63) is 42.2 Å². The van der Waals surface area contributed by atoms with E-state index in [4.69, 9.17) is 4.74 Å². The number of carbonyl (C=O) groups is 1. The van der Waals surface area contributed by atoms with Gasteiger partial charge < -0.3 is 10.1 Å². The number of esters is 1. The highest BCUT2D eigenvalue weighted by atomic mass is 16.6. The lowest BCUT2D eigenvalue weighted by molar-refractivity contribution is -0.146. The summed E-state index contributed by atoms with van der Waals surface area (Å²) in [5.41, 5.74) is 2.81. The molecular weight excluding hydrogens is 312 g/mol. The largest absolute Gasteiger partial charge is 0.462 e. The zero-order valence-corrected chi connectivity index (χ0v) is 15.0. The first-order chi connectivity index (χ1) is 12.1. The highest BCUT2D eigenvalue weighted by Crippen LogP contribution is 2.56. The monoisotopic (exact) mass is 340 g/mol. The molecule has 1 N–H and O–H groups in total. The fourth-order valence-corrected chi connectivity index (χ4v) is 5.36. The molecule has 1 aliphatic heterocycles. The standard InChI is InChI=1S/C21H28N2O2/c1-14-5-3-7-21(2)10-19-16(9-18(14)21)17(20(24)25-19)13-23-12-15-6-4-8-22-11-15/h4,6,8,11,16-19,23H,1,3,5,7,9-10,12-13H2,2H3/t16-,17-,18+,19+,21-/m1/s1. The number of ether oxygens (including phenoxy) is 1. The van der Waals surface area contributed by atoms with Crippen LogP contribution in [0.25, 0.3) is 0 Å². The number of nitrogens with zero attached hydrogens (tertiary/aromatic N) is 1. The van der Waals surface area contributed by atoms with Gasteiger partial charge in [0.1, 0.15) is 6.10 Å². The lowest BCUT2D eigenvalue weighted by atomic mass is 9.55. The van der Waals surface area contributed by atoms with E-state index in [9.17, 15) is 4.79 Å². The number of hydrogen-bond acceptors (Lipinski definition) is 4. The molecule has 4 heteroatoms. The second-order valence-corrected chi connectivity index (χ2v) is 8.40. The Hall–Kier alpha value is -1.68. The van der Waals surface area contributed by atoms with Crippen molar-refractivity contribution in [1.82, 2.24) is 10.3 Å². The summed E-state index contributed by atoms with van der Waals surface area (Å²) in [6.45, 7) is 8.15. The first-order valence-electron chi connectivity index (χ1n) is 9.54. The Bertz CT molecular complexity index is 659. The second-order valence-electron chi connectivity index (χ2n) is 8.40. The van der Waals surface area contributed by atoms with Crippen LogP contribution in [0.3, 0.4) is 0 Å². The van der Waals surface area contributed by atoms with Crippen molar-refractivity contribution in [3.8, 4) is 0 Å². The minimum absolute atomic E-state index is 0.0125. The molecule has 3 fully saturated rings. The maximum absolute atomic E-state index is 12.5. The Labute approximate surface area is 150 Å². The maximum atomic E-state index is 12.5. The molecule has 0 aromatic carbocycles. The Morgan fingerprint density at radius 2 is 2.36 bits per heavy atom. The molecule has 0 radical (unpaired) electrons. The van der Waals surface area contributed by atoms with Crippen molar-refractivity contribution in [1.29, 1.82) is 0 Å². The van der Waals surface area contributed by atoms with Crippen LogP contribution >= 0.6 is 0 Å². The molecule has 5 atom stereocenters. The van der Waals surface area contributed by atoms with Gasteiger partial charge in [0.05, 0.1) is 5.92 Å². The van der Waals surface area contributed by atoms with E-state index in [0.29, 0.717) is 18.4 Å². The summed E-state index contributed by atoms with van der Waals surface area (Å²) in [6, 6.07) is 3.99. The van der Waals surface area contributed by atoms with Crippen LogP contribution in [0.4, 0.5) is 0 Å². The number of fused-ring (bicyclic) bond motifs is 2. The van der Waals surface area contributed by atoms with Crippen LogP contribution in [0.5, 0.6) is 0 Å². The number of pyridine rings is 1. The minimum atomic E-state index is -0.0269. The van der Waals surface area contributed by atoms with Gasteiger partial charge in [-0.15, -0.1) is 0 Å². The first-order valence-corrected chi connectivity index (χ1v) is 9.54. The van der Waals surface area contributed by atoms with Crippen LogP contribution < -0.4 is 5.32 Å². The van der Waals surface area contributed by atoms with E-state index in [2.05, 4.69) is 23.8 Å². The number of allylic oxidation sites excluding steroid dienone is 1. The number of rotatable bonds is 4. The Kier molecular flexibility index (Phi) is 4.40. The number of carbonyl (C=O) groups excluding carboxylic acids is 1. The lowest BCUT2D eigenvalue weighted by Crippen LogP contribution is -2.45. The average Bonchev–Trinajstić information content (AvgIpc) is 2.88. The molecule has 4 rings (SSSR count). The van der Waals surface area contributed by atoms with Crippen molar-refractivity contribution in [2.24, 2.45) is 23.2 Å². The van der Waals surface area contributed by atoms with E-state index in [0.717, 1.165) is 31.4 Å². The lowest BCUT2D eigenvalue weighted by Gasteiger charge is -2.50. The second kappa shape index (κ2) is 6.56. The van der Waals surface area contributed by atoms with E-state index in [1.54, 1.807) is 6.20 Å². The van der Waals surface area contributed by atoms with E-state index in [1.807, 2.05) is 18.3 Å². The minimum Gasteiger partial charge on any atom is -0.462 e. The summed E-state index contributed by atoms with van der Waals surface area (Å²) in [7, 11) is 0. The third-order valence-corrected chi connectivity index (χ3v) is 6.74. The predicted molar refractivity (Wildman–Crippen MR) is 96.6 cm³/mol. The van der Waals surface area contributed by atoms with Crippen molar-refractivity contribution in [3.63, 3.8) is 0 Å². The Morgan fingerprint density at radius 3 is 3.16 bits per heavy atom. The fourth-order valence-electron chi connectivity index (χ4n) is 5.36. The number of aromatic nitrogens is 1. The van der Waals surface area contributed by atoms with E-state index in [-0.39, 0.29) is 23.4 Å². The molecular formula is C21H28N2O2. The van der Waals surface area contributed by atoms with Crippen molar-refractivity contribution in [2.75, 3.05) is 6.54 Å². The van der Waals surface area contributed by atoms with Crippen LogP contribution in [0.15, 0.2) is 36.7 Å². The van der Waals surface area contributed by atoms with Gasteiger partial charge in [-0.3, -0.25) is 9.78 Å². The molecule has 1 aromatic rings. The first kappa shape index (κ1) is 16.8. The van der Waals surface area contributed by atoms with Crippen molar-refractivity contribution in [2.45, 2.75) is 51.7 Å². The van der Waals surface area contributed by atoms with Gasteiger partial charge in [-0.2, -0.15) is 0 Å². The SMILES string of the molecule is C=C1CCC[C@]2(C)C[C@@H]3OC(=O)[C@H](CNCc4cccnc4)[C@H]3C[C@@H]12. The van der Waals surface area contributed by atoms with Crippen LogP contribution in [0.2, 0.25) is 0 Å². The molecule has 134 valence electrons. The van der Waals surface area contributed by atoms with Crippen LogP contribution in [-0.4, -0.2) is 23.6 Å². The van der Waals surface area contributed by atoms with Gasteiger partial charge in [-0.05, 0) is 55.1 Å². The van der Waals surface area contributed by atoms with E-state index in [1.165, 1.54) is 18.4 Å². The predicted octanol–water partition coefficient (Wildman–Crippen LogP) is 3.49. The zero-order chi connectivity index (χ0) is 17.4. The summed E-state index contributed by atoms with van der Waals surface area (Å²) < 4.78 is 5.81. The number of hydrogen-bond donors (Lipinski definition) is 1. The zero-order valence-electron chi connectivity index (χ0n) is 15.0. The molecule has 1 aromatic heterocycles.